The summed E-state index contributed by atoms with van der Waals surface area (Å²) >= 11 is 14.4. The van der Waals surface area contributed by atoms with Gasteiger partial charge in [0.1, 0.15) is 17.0 Å². The Kier molecular flexibility index (Phi) is 7.64. The average molecular weight is 664 g/mol. The van der Waals surface area contributed by atoms with Gasteiger partial charge in [0.25, 0.3) is 5.91 Å². The Hall–Kier alpha value is -2.73. The van der Waals surface area contributed by atoms with E-state index in [9.17, 15) is 17.6 Å². The first-order valence-corrected chi connectivity index (χ1v) is 17.6. The molecule has 3 aliphatic rings. The lowest BCUT2D eigenvalue weighted by Crippen LogP contribution is -2.33. The van der Waals surface area contributed by atoms with Crippen LogP contribution in [-0.2, 0) is 16.4 Å². The van der Waals surface area contributed by atoms with Crippen molar-refractivity contribution in [3.8, 4) is 11.3 Å². The highest BCUT2D eigenvalue weighted by Crippen LogP contribution is 2.46. The molecule has 4 aromatic rings. The molecule has 2 aromatic carbocycles. The zero-order chi connectivity index (χ0) is 29.9. The molecule has 2 aromatic heterocycles. The van der Waals surface area contributed by atoms with Crippen LogP contribution in [0.15, 0.2) is 34.9 Å². The molecule has 0 unspecified atom stereocenters. The number of thiazole rings is 1. The van der Waals surface area contributed by atoms with Crippen LogP contribution < -0.4 is 9.62 Å². The Morgan fingerprint density at radius 1 is 1.09 bits per heavy atom. The Morgan fingerprint density at radius 3 is 2.49 bits per heavy atom. The number of nitrogens with one attached hydrogen (secondary N) is 1. The Morgan fingerprint density at radius 2 is 1.81 bits per heavy atom. The van der Waals surface area contributed by atoms with Crippen molar-refractivity contribution in [1.82, 2.24) is 14.9 Å². The molecule has 3 heterocycles. The highest BCUT2D eigenvalue weighted by atomic mass is 35.5. The van der Waals surface area contributed by atoms with Crippen LogP contribution in [0.2, 0.25) is 10.0 Å². The number of fused-ring (bicyclic) bond motifs is 1. The summed E-state index contributed by atoms with van der Waals surface area (Å²) < 4.78 is 47.7. The van der Waals surface area contributed by atoms with Gasteiger partial charge >= 0.3 is 0 Å². The fourth-order valence-corrected chi connectivity index (χ4v) is 8.75. The summed E-state index contributed by atoms with van der Waals surface area (Å²) in [5.74, 6) is 0.397. The Balaban J connectivity index is 1.02. The number of carbonyl (C=O) groups excluding carboxylic acids is 1. The second-order valence-electron chi connectivity index (χ2n) is 11.7. The van der Waals surface area contributed by atoms with E-state index in [0.29, 0.717) is 44.6 Å². The predicted molar refractivity (Wildman–Crippen MR) is 166 cm³/mol. The molecule has 1 N–H and O–H groups in total. The molecule has 3 fully saturated rings. The molecule has 13 heteroatoms. The van der Waals surface area contributed by atoms with Gasteiger partial charge in [-0.25, -0.2) is 22.5 Å². The highest BCUT2D eigenvalue weighted by molar-refractivity contribution is 7.91. The van der Waals surface area contributed by atoms with E-state index in [1.54, 1.807) is 0 Å². The number of hydrogen-bond donors (Lipinski definition) is 1. The number of anilines is 1. The fraction of sp³-hybridized carbons (Fsp3) is 0.433. The third-order valence-corrected chi connectivity index (χ3v) is 12.1. The monoisotopic (exact) mass is 662 g/mol. The maximum Gasteiger partial charge on any atom is 0.264 e. The first-order valence-electron chi connectivity index (χ1n) is 14.5. The van der Waals surface area contributed by atoms with Crippen molar-refractivity contribution < 1.29 is 22.1 Å². The molecule has 8 nitrogen and oxygen atoms in total. The quantitative estimate of drug-likeness (QED) is 0.200. The lowest BCUT2D eigenvalue weighted by molar-refractivity contribution is 0.0981. The van der Waals surface area contributed by atoms with Gasteiger partial charge in [-0.15, -0.1) is 0 Å². The van der Waals surface area contributed by atoms with Gasteiger partial charge in [-0.3, -0.25) is 4.79 Å². The van der Waals surface area contributed by atoms with Crippen molar-refractivity contribution in [3.05, 3.63) is 63.1 Å². The van der Waals surface area contributed by atoms with Crippen molar-refractivity contribution in [3.63, 3.8) is 0 Å². The van der Waals surface area contributed by atoms with E-state index < -0.39 is 27.0 Å². The third-order valence-electron chi connectivity index (χ3n) is 8.55. The van der Waals surface area contributed by atoms with E-state index in [2.05, 4.69) is 19.8 Å². The van der Waals surface area contributed by atoms with E-state index in [4.69, 9.17) is 27.7 Å². The normalized spacial score (nSPS) is 18.0. The molecule has 1 aliphatic heterocycles. The molecule has 0 bridgehead atoms. The van der Waals surface area contributed by atoms with Crippen LogP contribution in [0, 0.1) is 11.7 Å². The van der Waals surface area contributed by atoms with Gasteiger partial charge in [-0.05, 0) is 81.5 Å². The number of sulfonamides is 1. The van der Waals surface area contributed by atoms with Crippen LogP contribution in [0.3, 0.4) is 0 Å². The maximum absolute atomic E-state index is 15.0. The number of piperidine rings is 1. The molecule has 226 valence electrons. The van der Waals surface area contributed by atoms with Gasteiger partial charge in [0, 0.05) is 35.7 Å². The molecule has 43 heavy (non-hydrogen) atoms. The number of benzene rings is 2. The highest BCUT2D eigenvalue weighted by Gasteiger charge is 2.37. The van der Waals surface area contributed by atoms with Gasteiger partial charge in [0.05, 0.1) is 20.0 Å². The van der Waals surface area contributed by atoms with Gasteiger partial charge in [-0.2, -0.15) is 0 Å². The number of halogens is 3. The van der Waals surface area contributed by atoms with E-state index in [1.165, 1.54) is 17.4 Å². The minimum atomic E-state index is -3.72. The topological polar surface area (TPSA) is 105 Å². The Bertz CT molecular complexity index is 1810. The van der Waals surface area contributed by atoms with Crippen LogP contribution in [-0.4, -0.2) is 42.8 Å². The molecule has 0 atom stereocenters. The van der Waals surface area contributed by atoms with Crippen LogP contribution in [0.5, 0.6) is 0 Å². The summed E-state index contributed by atoms with van der Waals surface area (Å²) in [5, 5.41) is 5.68. The first kappa shape index (κ1) is 29.0. The second kappa shape index (κ2) is 11.3. The predicted octanol–water partition coefficient (Wildman–Crippen LogP) is 7.35. The molecule has 7 rings (SSSR count). The molecular formula is C30H29Cl2FN4O4S2. The summed E-state index contributed by atoms with van der Waals surface area (Å²) in [7, 11) is -3.72. The number of rotatable bonds is 9. The van der Waals surface area contributed by atoms with Crippen molar-refractivity contribution >= 4 is 65.8 Å². The number of hydrogen-bond acceptors (Lipinski definition) is 8. The van der Waals surface area contributed by atoms with E-state index >= 15 is 0 Å². The zero-order valence-corrected chi connectivity index (χ0v) is 26.3. The summed E-state index contributed by atoms with van der Waals surface area (Å²) in [6, 6.07) is 8.03. The second-order valence-corrected chi connectivity index (χ2v) is 15.5. The molecule has 2 aliphatic carbocycles. The fourth-order valence-electron chi connectivity index (χ4n) is 5.80. The minimum absolute atomic E-state index is 0.0279. The standard InChI is InChI=1S/C30H29Cl2FN4O4S2/c31-21-2-1-3-22(32)25(21)26-20(28(41-35-26)17-5-6-17)9-4-16-10-12-37(13-11-16)30-34-27-23(33)14-18(15-24(27)42-30)29(38)36-43(39,40)19-7-8-19/h1-3,14-17,19H,4-13H2,(H,36,38). The summed E-state index contributed by atoms with van der Waals surface area (Å²) in [6.07, 6.45) is 6.98. The van der Waals surface area contributed by atoms with Gasteiger partial charge in [-0.1, -0.05) is 45.8 Å². The molecule has 0 radical (unpaired) electrons. The molecule has 1 amide bonds. The smallest absolute Gasteiger partial charge is 0.264 e. The van der Waals surface area contributed by atoms with Crippen molar-refractivity contribution in [2.45, 2.75) is 62.5 Å². The van der Waals surface area contributed by atoms with Crippen LogP contribution >= 0.6 is 34.5 Å². The Labute approximate surface area is 262 Å². The lowest BCUT2D eigenvalue weighted by atomic mass is 9.89. The van der Waals surface area contributed by atoms with E-state index in [0.717, 1.165) is 80.3 Å². The summed E-state index contributed by atoms with van der Waals surface area (Å²) in [6.45, 7) is 1.56. The molecule has 2 saturated carbocycles. The van der Waals surface area contributed by atoms with Gasteiger partial charge < -0.3 is 9.42 Å². The van der Waals surface area contributed by atoms with Crippen LogP contribution in [0.25, 0.3) is 21.5 Å². The van der Waals surface area contributed by atoms with Gasteiger partial charge in [0.2, 0.25) is 10.0 Å². The lowest BCUT2D eigenvalue weighted by Gasteiger charge is -2.31. The maximum atomic E-state index is 15.0. The summed E-state index contributed by atoms with van der Waals surface area (Å²) in [5.41, 5.74) is 2.73. The van der Waals surface area contributed by atoms with Gasteiger partial charge in [0.15, 0.2) is 10.9 Å². The average Bonchev–Trinajstić information content (AvgIpc) is 3.91. The van der Waals surface area contributed by atoms with E-state index in [1.807, 2.05) is 18.2 Å². The number of nitrogens with zero attached hydrogens (tertiary/aromatic N) is 3. The van der Waals surface area contributed by atoms with Crippen molar-refractivity contribution in [2.24, 2.45) is 5.92 Å². The van der Waals surface area contributed by atoms with Crippen molar-refractivity contribution in [2.75, 3.05) is 18.0 Å². The molecule has 1 saturated heterocycles. The molecule has 0 spiro atoms. The van der Waals surface area contributed by atoms with Crippen LogP contribution in [0.1, 0.15) is 72.5 Å². The number of amides is 1. The van der Waals surface area contributed by atoms with Crippen molar-refractivity contribution in [1.29, 1.82) is 0 Å². The number of aromatic nitrogens is 2. The zero-order valence-electron chi connectivity index (χ0n) is 23.1. The SMILES string of the molecule is O=C(NS(=O)(=O)C1CC1)c1cc(F)c2nc(N3CCC(CCc4c(-c5c(Cl)cccc5Cl)noc4C4CC4)CC3)sc2c1. The summed E-state index contributed by atoms with van der Waals surface area (Å²) in [4.78, 5) is 19.3. The minimum Gasteiger partial charge on any atom is -0.360 e. The third kappa shape index (κ3) is 5.89. The largest absolute Gasteiger partial charge is 0.360 e. The first-order chi connectivity index (χ1) is 20.7. The van der Waals surface area contributed by atoms with E-state index in [-0.39, 0.29) is 11.1 Å². The van der Waals surface area contributed by atoms with Crippen LogP contribution in [0.4, 0.5) is 9.52 Å². The number of carbonyl (C=O) groups is 1. The molecular weight excluding hydrogens is 634 g/mol.